The molecule has 1 aromatic carbocycles. The van der Waals surface area contributed by atoms with E-state index in [0.29, 0.717) is 6.61 Å². The minimum atomic E-state index is 0.220. The van der Waals surface area contributed by atoms with Gasteiger partial charge in [-0.2, -0.15) is 0 Å². The molecule has 0 fully saturated rings. The molecule has 1 atom stereocenters. The van der Waals surface area contributed by atoms with Crippen LogP contribution in [0.15, 0.2) is 18.2 Å². The summed E-state index contributed by atoms with van der Waals surface area (Å²) in [7, 11) is 1.71. The van der Waals surface area contributed by atoms with Gasteiger partial charge in [0.05, 0.1) is 6.61 Å². The summed E-state index contributed by atoms with van der Waals surface area (Å²) in [5.74, 6) is 0.948. The summed E-state index contributed by atoms with van der Waals surface area (Å²) < 4.78 is 10.6. The van der Waals surface area contributed by atoms with Crippen molar-refractivity contribution in [2.45, 2.75) is 25.3 Å². The third-order valence-electron chi connectivity index (χ3n) is 3.00. The van der Waals surface area contributed by atoms with Crippen molar-refractivity contribution in [1.82, 2.24) is 0 Å². The predicted octanol–water partition coefficient (Wildman–Crippen LogP) is 2.05. The van der Waals surface area contributed by atoms with Gasteiger partial charge in [0.1, 0.15) is 5.75 Å². The molecule has 0 radical (unpaired) electrons. The highest BCUT2D eigenvalue weighted by molar-refractivity contribution is 5.40. The number of nitrogens with two attached hydrogens (primary N) is 1. The second kappa shape index (κ2) is 5.32. The van der Waals surface area contributed by atoms with Crippen LogP contribution < -0.4 is 10.5 Å². The fraction of sp³-hybridized carbons (Fsp3) is 0.538. The first-order chi connectivity index (χ1) is 7.81. The van der Waals surface area contributed by atoms with Gasteiger partial charge >= 0.3 is 0 Å². The lowest BCUT2D eigenvalue weighted by atomic mass is 10.1. The number of aryl methyl sites for hydroxylation is 1. The van der Waals surface area contributed by atoms with Gasteiger partial charge in [0.25, 0.3) is 0 Å². The second-order valence-corrected chi connectivity index (χ2v) is 4.20. The first-order valence-corrected chi connectivity index (χ1v) is 5.81. The first-order valence-electron chi connectivity index (χ1n) is 5.81. The Labute approximate surface area is 96.5 Å². The molecule has 0 saturated carbocycles. The van der Waals surface area contributed by atoms with Crippen molar-refractivity contribution in [2.24, 2.45) is 5.73 Å². The molecule has 0 spiro atoms. The van der Waals surface area contributed by atoms with E-state index in [1.54, 1.807) is 7.11 Å². The Kier molecular flexibility index (Phi) is 3.80. The van der Waals surface area contributed by atoms with Crippen LogP contribution in [0.3, 0.4) is 0 Å². The molecular weight excluding hydrogens is 202 g/mol. The van der Waals surface area contributed by atoms with Crippen molar-refractivity contribution in [3.8, 4) is 5.75 Å². The third kappa shape index (κ3) is 2.54. The van der Waals surface area contributed by atoms with E-state index in [9.17, 15) is 0 Å². The number of hydrogen-bond acceptors (Lipinski definition) is 3. The molecule has 0 unspecified atom stereocenters. The molecule has 16 heavy (non-hydrogen) atoms. The number of methoxy groups -OCH3 is 1. The highest BCUT2D eigenvalue weighted by Crippen LogP contribution is 2.31. The molecule has 2 N–H and O–H groups in total. The largest absolute Gasteiger partial charge is 0.493 e. The quantitative estimate of drug-likeness (QED) is 0.774. The average Bonchev–Trinajstić information content (AvgIpc) is 2.66. The Bertz CT molecular complexity index is 352. The molecule has 88 valence electrons. The second-order valence-electron chi connectivity index (χ2n) is 4.20. The van der Waals surface area contributed by atoms with Crippen LogP contribution in [0, 0.1) is 0 Å². The van der Waals surface area contributed by atoms with Crippen molar-refractivity contribution < 1.29 is 9.47 Å². The minimum absolute atomic E-state index is 0.220. The highest BCUT2D eigenvalue weighted by Gasteiger charge is 2.18. The summed E-state index contributed by atoms with van der Waals surface area (Å²) in [5, 5.41) is 0. The monoisotopic (exact) mass is 221 g/mol. The number of benzene rings is 1. The van der Waals surface area contributed by atoms with Crippen LogP contribution in [0.5, 0.6) is 5.75 Å². The molecule has 0 amide bonds. The molecule has 0 heterocycles. The topological polar surface area (TPSA) is 44.5 Å². The van der Waals surface area contributed by atoms with Gasteiger partial charge in [0, 0.05) is 26.2 Å². The van der Waals surface area contributed by atoms with E-state index >= 15 is 0 Å². The summed E-state index contributed by atoms with van der Waals surface area (Å²) in [5.41, 5.74) is 8.60. The Balaban J connectivity index is 1.92. The maximum Gasteiger partial charge on any atom is 0.119 e. The summed E-state index contributed by atoms with van der Waals surface area (Å²) in [6, 6.07) is 6.45. The SMILES string of the molecule is COCCCOc1ccc2c(c1)CC[C@@H]2N. The van der Waals surface area contributed by atoms with Gasteiger partial charge in [0.15, 0.2) is 0 Å². The standard InChI is InChI=1S/C13H19NO2/c1-15-7-2-8-16-11-4-5-12-10(9-11)3-6-13(12)14/h4-5,9,13H,2-3,6-8,14H2,1H3/t13-/m0/s1. The van der Waals surface area contributed by atoms with E-state index in [4.69, 9.17) is 15.2 Å². The van der Waals surface area contributed by atoms with Crippen LogP contribution in [0.4, 0.5) is 0 Å². The van der Waals surface area contributed by atoms with Gasteiger partial charge in [-0.25, -0.2) is 0 Å². The zero-order valence-corrected chi connectivity index (χ0v) is 9.74. The molecule has 0 bridgehead atoms. The molecule has 3 heteroatoms. The number of hydrogen-bond donors (Lipinski definition) is 1. The Morgan fingerprint density at radius 2 is 2.25 bits per heavy atom. The van der Waals surface area contributed by atoms with Crippen molar-refractivity contribution in [2.75, 3.05) is 20.3 Å². The van der Waals surface area contributed by atoms with Crippen LogP contribution in [0.2, 0.25) is 0 Å². The van der Waals surface area contributed by atoms with E-state index < -0.39 is 0 Å². The normalized spacial score (nSPS) is 18.5. The average molecular weight is 221 g/mol. The molecule has 0 saturated heterocycles. The maximum absolute atomic E-state index is 5.98. The van der Waals surface area contributed by atoms with Crippen LogP contribution in [0.25, 0.3) is 0 Å². The Morgan fingerprint density at radius 3 is 3.06 bits per heavy atom. The van der Waals surface area contributed by atoms with Gasteiger partial charge in [-0.05, 0) is 36.1 Å². The van der Waals surface area contributed by atoms with Crippen molar-refractivity contribution in [1.29, 1.82) is 0 Å². The van der Waals surface area contributed by atoms with E-state index in [-0.39, 0.29) is 6.04 Å². The van der Waals surface area contributed by atoms with E-state index in [1.165, 1.54) is 11.1 Å². The molecule has 1 aliphatic rings. The van der Waals surface area contributed by atoms with Crippen molar-refractivity contribution in [3.63, 3.8) is 0 Å². The fourth-order valence-corrected chi connectivity index (χ4v) is 2.11. The van der Waals surface area contributed by atoms with Crippen LogP contribution >= 0.6 is 0 Å². The number of fused-ring (bicyclic) bond motifs is 1. The molecule has 2 rings (SSSR count). The van der Waals surface area contributed by atoms with Crippen LogP contribution in [-0.2, 0) is 11.2 Å². The minimum Gasteiger partial charge on any atom is -0.493 e. The Hall–Kier alpha value is -1.06. The van der Waals surface area contributed by atoms with Crippen molar-refractivity contribution >= 4 is 0 Å². The lowest BCUT2D eigenvalue weighted by Crippen LogP contribution is -2.05. The Morgan fingerprint density at radius 1 is 1.38 bits per heavy atom. The zero-order chi connectivity index (χ0) is 11.4. The van der Waals surface area contributed by atoms with E-state index in [2.05, 4.69) is 12.1 Å². The first kappa shape index (κ1) is 11.4. The van der Waals surface area contributed by atoms with Crippen LogP contribution in [0.1, 0.15) is 30.0 Å². The third-order valence-corrected chi connectivity index (χ3v) is 3.00. The zero-order valence-electron chi connectivity index (χ0n) is 9.74. The molecule has 0 aliphatic heterocycles. The molecule has 1 aromatic rings. The van der Waals surface area contributed by atoms with Gasteiger partial charge < -0.3 is 15.2 Å². The van der Waals surface area contributed by atoms with E-state index in [1.807, 2.05) is 6.07 Å². The summed E-state index contributed by atoms with van der Waals surface area (Å²) in [4.78, 5) is 0. The lowest BCUT2D eigenvalue weighted by molar-refractivity contribution is 0.172. The molecular formula is C13H19NO2. The van der Waals surface area contributed by atoms with Gasteiger partial charge in [-0.3, -0.25) is 0 Å². The number of rotatable bonds is 5. The summed E-state index contributed by atoms with van der Waals surface area (Å²) in [6.45, 7) is 1.45. The lowest BCUT2D eigenvalue weighted by Gasteiger charge is -2.09. The highest BCUT2D eigenvalue weighted by atomic mass is 16.5. The van der Waals surface area contributed by atoms with Crippen LogP contribution in [-0.4, -0.2) is 20.3 Å². The fourth-order valence-electron chi connectivity index (χ4n) is 2.11. The molecule has 0 aromatic heterocycles. The predicted molar refractivity (Wildman–Crippen MR) is 63.7 cm³/mol. The van der Waals surface area contributed by atoms with Gasteiger partial charge in [-0.15, -0.1) is 0 Å². The molecule has 1 aliphatic carbocycles. The summed E-state index contributed by atoms with van der Waals surface area (Å²) in [6.07, 6.45) is 3.06. The van der Waals surface area contributed by atoms with Gasteiger partial charge in [-0.1, -0.05) is 6.07 Å². The van der Waals surface area contributed by atoms with Gasteiger partial charge in [0.2, 0.25) is 0 Å². The maximum atomic E-state index is 5.98. The molecule has 3 nitrogen and oxygen atoms in total. The van der Waals surface area contributed by atoms with E-state index in [0.717, 1.165) is 31.6 Å². The number of ether oxygens (including phenoxy) is 2. The van der Waals surface area contributed by atoms with Crippen molar-refractivity contribution in [3.05, 3.63) is 29.3 Å². The smallest absolute Gasteiger partial charge is 0.119 e. The summed E-state index contributed by atoms with van der Waals surface area (Å²) >= 11 is 0.